The number of methoxy groups -OCH3 is 1. The van der Waals surface area contributed by atoms with Crippen molar-refractivity contribution < 1.29 is 9.53 Å². The molecule has 1 fully saturated rings. The van der Waals surface area contributed by atoms with Gasteiger partial charge in [0.05, 0.1) is 6.61 Å². The van der Waals surface area contributed by atoms with Crippen LogP contribution >= 0.6 is 0 Å². The van der Waals surface area contributed by atoms with Gasteiger partial charge in [-0.3, -0.25) is 0 Å². The third kappa shape index (κ3) is 3.67. The topological polar surface area (TPSA) is 32.8 Å². The molecule has 0 aliphatic carbocycles. The Morgan fingerprint density at radius 3 is 2.56 bits per heavy atom. The van der Waals surface area contributed by atoms with E-state index in [9.17, 15) is 4.79 Å². The highest BCUT2D eigenvalue weighted by Gasteiger charge is 2.23. The van der Waals surface area contributed by atoms with Crippen LogP contribution in [-0.2, 0) is 4.74 Å². The molecule has 0 aromatic carbocycles. The summed E-state index contributed by atoms with van der Waals surface area (Å²) >= 11 is 0. The first-order valence-corrected chi connectivity index (χ1v) is 6.21. The summed E-state index contributed by atoms with van der Waals surface area (Å²) in [7, 11) is 1.67. The summed E-state index contributed by atoms with van der Waals surface area (Å²) in [5.41, 5.74) is 0. The standard InChI is InChI=1S/C12H24N2O2/c1-4-13(9-10-16-3)12(15)14-7-5-11(2)6-8-14/h11H,4-10H2,1-3H3. The molecule has 0 bridgehead atoms. The maximum atomic E-state index is 12.1. The van der Waals surface area contributed by atoms with Gasteiger partial charge in [-0.15, -0.1) is 0 Å². The summed E-state index contributed by atoms with van der Waals surface area (Å²) in [6.07, 6.45) is 2.27. The lowest BCUT2D eigenvalue weighted by Crippen LogP contribution is -2.47. The Labute approximate surface area is 98.5 Å². The number of hydrogen-bond donors (Lipinski definition) is 0. The third-order valence-corrected chi connectivity index (χ3v) is 3.27. The number of piperidine rings is 1. The lowest BCUT2D eigenvalue weighted by molar-refractivity contribution is 0.116. The first-order chi connectivity index (χ1) is 7.69. The number of urea groups is 1. The second kappa shape index (κ2) is 6.74. The maximum absolute atomic E-state index is 12.1. The van der Waals surface area contributed by atoms with Crippen molar-refractivity contribution in [1.29, 1.82) is 0 Å². The molecular formula is C12H24N2O2. The average molecular weight is 228 g/mol. The molecule has 1 heterocycles. The molecule has 1 rings (SSSR count). The number of carbonyl (C=O) groups is 1. The van der Waals surface area contributed by atoms with Gasteiger partial charge in [0.15, 0.2) is 0 Å². The van der Waals surface area contributed by atoms with Gasteiger partial charge in [-0.2, -0.15) is 0 Å². The van der Waals surface area contributed by atoms with Gasteiger partial charge in [0.2, 0.25) is 0 Å². The van der Waals surface area contributed by atoms with Gasteiger partial charge < -0.3 is 14.5 Å². The fraction of sp³-hybridized carbons (Fsp3) is 0.917. The Kier molecular flexibility index (Phi) is 5.60. The maximum Gasteiger partial charge on any atom is 0.320 e. The van der Waals surface area contributed by atoms with E-state index in [0.29, 0.717) is 13.2 Å². The molecule has 0 unspecified atom stereocenters. The monoisotopic (exact) mass is 228 g/mol. The Hall–Kier alpha value is -0.770. The van der Waals surface area contributed by atoms with Crippen molar-refractivity contribution in [3.63, 3.8) is 0 Å². The molecule has 1 aliphatic rings. The van der Waals surface area contributed by atoms with E-state index in [2.05, 4.69) is 6.92 Å². The lowest BCUT2D eigenvalue weighted by Gasteiger charge is -2.34. The molecule has 1 saturated heterocycles. The minimum Gasteiger partial charge on any atom is -0.383 e. The number of hydrogen-bond acceptors (Lipinski definition) is 2. The van der Waals surface area contributed by atoms with Crippen LogP contribution in [0.4, 0.5) is 4.79 Å². The first kappa shape index (κ1) is 13.3. The summed E-state index contributed by atoms with van der Waals surface area (Å²) in [5.74, 6) is 0.762. The van der Waals surface area contributed by atoms with Gasteiger partial charge in [-0.05, 0) is 25.7 Å². The molecule has 0 spiro atoms. The van der Waals surface area contributed by atoms with Crippen molar-refractivity contribution in [2.75, 3.05) is 39.9 Å². The van der Waals surface area contributed by atoms with Crippen molar-refractivity contribution in [3.05, 3.63) is 0 Å². The smallest absolute Gasteiger partial charge is 0.320 e. The predicted molar refractivity (Wildman–Crippen MR) is 64.5 cm³/mol. The van der Waals surface area contributed by atoms with Crippen molar-refractivity contribution in [3.8, 4) is 0 Å². The van der Waals surface area contributed by atoms with Crippen molar-refractivity contribution in [1.82, 2.24) is 9.80 Å². The van der Waals surface area contributed by atoms with Gasteiger partial charge in [-0.1, -0.05) is 6.92 Å². The number of carbonyl (C=O) groups excluding carboxylic acids is 1. The molecule has 0 saturated carbocycles. The van der Waals surface area contributed by atoms with E-state index in [0.717, 1.165) is 38.4 Å². The van der Waals surface area contributed by atoms with Crippen LogP contribution in [0.1, 0.15) is 26.7 Å². The summed E-state index contributed by atoms with van der Waals surface area (Å²) in [6, 6.07) is 0.173. The van der Waals surface area contributed by atoms with Crippen LogP contribution in [0, 0.1) is 5.92 Å². The fourth-order valence-corrected chi connectivity index (χ4v) is 1.99. The summed E-state index contributed by atoms with van der Waals surface area (Å²) < 4.78 is 5.02. The third-order valence-electron chi connectivity index (χ3n) is 3.27. The number of likely N-dealkylation sites (tertiary alicyclic amines) is 1. The Bertz CT molecular complexity index is 206. The Balaban J connectivity index is 2.41. The van der Waals surface area contributed by atoms with E-state index >= 15 is 0 Å². The fourth-order valence-electron chi connectivity index (χ4n) is 1.99. The minimum atomic E-state index is 0.173. The van der Waals surface area contributed by atoms with Gasteiger partial charge in [0, 0.05) is 33.3 Å². The van der Waals surface area contributed by atoms with Gasteiger partial charge in [-0.25, -0.2) is 4.79 Å². The second-order valence-corrected chi connectivity index (χ2v) is 4.52. The number of rotatable bonds is 4. The molecule has 4 nitrogen and oxygen atoms in total. The molecule has 2 amide bonds. The SMILES string of the molecule is CCN(CCOC)C(=O)N1CCC(C)CC1. The van der Waals surface area contributed by atoms with Crippen molar-refractivity contribution >= 4 is 6.03 Å². The van der Waals surface area contributed by atoms with Gasteiger partial charge in [0.1, 0.15) is 0 Å². The molecule has 16 heavy (non-hydrogen) atoms. The van der Waals surface area contributed by atoms with E-state index in [4.69, 9.17) is 4.74 Å². The van der Waals surface area contributed by atoms with Crippen molar-refractivity contribution in [2.24, 2.45) is 5.92 Å². The van der Waals surface area contributed by atoms with Crippen LogP contribution in [0.2, 0.25) is 0 Å². The molecule has 94 valence electrons. The Morgan fingerprint density at radius 2 is 2.06 bits per heavy atom. The molecule has 0 N–H and O–H groups in total. The van der Waals surface area contributed by atoms with Crippen LogP contribution in [-0.4, -0.2) is 55.7 Å². The average Bonchev–Trinajstić information content (AvgIpc) is 2.30. The van der Waals surface area contributed by atoms with Crippen LogP contribution in [0.15, 0.2) is 0 Å². The molecule has 4 heteroatoms. The lowest BCUT2D eigenvalue weighted by atomic mass is 10.00. The quantitative estimate of drug-likeness (QED) is 0.735. The summed E-state index contributed by atoms with van der Waals surface area (Å²) in [4.78, 5) is 16.0. The molecule has 0 atom stereocenters. The van der Waals surface area contributed by atoms with Gasteiger partial charge in [0.25, 0.3) is 0 Å². The van der Waals surface area contributed by atoms with E-state index in [1.807, 2.05) is 16.7 Å². The zero-order valence-corrected chi connectivity index (χ0v) is 10.7. The van der Waals surface area contributed by atoms with Gasteiger partial charge >= 0.3 is 6.03 Å². The largest absolute Gasteiger partial charge is 0.383 e. The number of likely N-dealkylation sites (N-methyl/N-ethyl adjacent to an activating group) is 1. The van der Waals surface area contributed by atoms with E-state index in [1.54, 1.807) is 7.11 Å². The number of ether oxygens (including phenoxy) is 1. The van der Waals surface area contributed by atoms with Crippen LogP contribution in [0.3, 0.4) is 0 Å². The van der Waals surface area contributed by atoms with E-state index in [1.165, 1.54) is 0 Å². The molecular weight excluding hydrogens is 204 g/mol. The van der Waals surface area contributed by atoms with Crippen LogP contribution in [0.5, 0.6) is 0 Å². The van der Waals surface area contributed by atoms with Crippen LogP contribution in [0.25, 0.3) is 0 Å². The van der Waals surface area contributed by atoms with Crippen LogP contribution < -0.4 is 0 Å². The molecule has 0 radical (unpaired) electrons. The summed E-state index contributed by atoms with van der Waals surface area (Å²) in [5, 5.41) is 0. The number of nitrogens with zero attached hydrogens (tertiary/aromatic N) is 2. The second-order valence-electron chi connectivity index (χ2n) is 4.52. The highest BCUT2D eigenvalue weighted by Crippen LogP contribution is 2.17. The highest BCUT2D eigenvalue weighted by atomic mass is 16.5. The normalized spacial score (nSPS) is 17.6. The Morgan fingerprint density at radius 1 is 1.44 bits per heavy atom. The molecule has 0 aromatic heterocycles. The summed E-state index contributed by atoms with van der Waals surface area (Å²) in [6.45, 7) is 8.15. The highest BCUT2D eigenvalue weighted by molar-refractivity contribution is 5.74. The number of amides is 2. The zero-order valence-electron chi connectivity index (χ0n) is 10.7. The molecule has 1 aliphatic heterocycles. The van der Waals surface area contributed by atoms with E-state index in [-0.39, 0.29) is 6.03 Å². The van der Waals surface area contributed by atoms with E-state index < -0.39 is 0 Å². The minimum absolute atomic E-state index is 0.173. The van der Waals surface area contributed by atoms with Crippen molar-refractivity contribution in [2.45, 2.75) is 26.7 Å². The zero-order chi connectivity index (χ0) is 12.0. The first-order valence-electron chi connectivity index (χ1n) is 6.21. The predicted octanol–water partition coefficient (Wildman–Crippen LogP) is 1.81. The molecule has 0 aromatic rings.